The van der Waals surface area contributed by atoms with Crippen molar-refractivity contribution in [2.45, 2.75) is 44.9 Å². The number of imidazole rings is 1. The van der Waals surface area contributed by atoms with Crippen LogP contribution in [0.15, 0.2) is 30.6 Å². The van der Waals surface area contributed by atoms with E-state index in [1.807, 2.05) is 35.0 Å². The molecule has 27 heavy (non-hydrogen) atoms. The van der Waals surface area contributed by atoms with Gasteiger partial charge in [-0.05, 0) is 37.8 Å². The first-order valence-corrected chi connectivity index (χ1v) is 11.3. The zero-order valence-electron chi connectivity index (χ0n) is 15.6. The lowest BCUT2D eigenvalue weighted by Crippen LogP contribution is -2.37. The van der Waals surface area contributed by atoms with Gasteiger partial charge < -0.3 is 9.72 Å². The van der Waals surface area contributed by atoms with E-state index in [1.165, 1.54) is 0 Å². The van der Waals surface area contributed by atoms with Gasteiger partial charge >= 0.3 is 0 Å². The zero-order chi connectivity index (χ0) is 19.1. The van der Waals surface area contributed by atoms with E-state index in [0.29, 0.717) is 45.3 Å². The average Bonchev–Trinajstić information content (AvgIpc) is 3.09. The van der Waals surface area contributed by atoms with Crippen LogP contribution in [0.1, 0.15) is 44.3 Å². The van der Waals surface area contributed by atoms with Crippen molar-refractivity contribution in [3.63, 3.8) is 0 Å². The highest BCUT2D eigenvalue weighted by Gasteiger charge is 2.23. The molecule has 0 spiro atoms. The van der Waals surface area contributed by atoms with E-state index in [4.69, 9.17) is 0 Å². The number of carbonyl (C=O) groups excluding carboxylic acids is 1. The highest BCUT2D eigenvalue weighted by molar-refractivity contribution is 7.89. The van der Waals surface area contributed by atoms with Gasteiger partial charge in [0.25, 0.3) is 0 Å². The summed E-state index contributed by atoms with van der Waals surface area (Å²) < 4.78 is 28.1. The number of rotatable bonds is 9. The number of hydrogen-bond acceptors (Lipinski definition) is 4. The molecule has 1 aliphatic rings. The SMILES string of the molecule is O=C(CCCCS(=O)(=O)N1CCCCC1)NCCc1ncc2ccccn12. The molecule has 1 saturated heterocycles. The zero-order valence-corrected chi connectivity index (χ0v) is 16.5. The molecule has 1 aliphatic heterocycles. The smallest absolute Gasteiger partial charge is 0.220 e. The highest BCUT2D eigenvalue weighted by Crippen LogP contribution is 2.14. The van der Waals surface area contributed by atoms with Crippen molar-refractivity contribution in [1.29, 1.82) is 0 Å². The summed E-state index contributed by atoms with van der Waals surface area (Å²) >= 11 is 0. The minimum Gasteiger partial charge on any atom is -0.356 e. The van der Waals surface area contributed by atoms with E-state index in [0.717, 1.165) is 30.6 Å². The van der Waals surface area contributed by atoms with E-state index in [1.54, 1.807) is 4.31 Å². The van der Waals surface area contributed by atoms with E-state index >= 15 is 0 Å². The number of nitrogens with zero attached hydrogens (tertiary/aromatic N) is 3. The molecule has 0 bridgehead atoms. The number of hydrogen-bond donors (Lipinski definition) is 1. The maximum Gasteiger partial charge on any atom is 0.220 e. The van der Waals surface area contributed by atoms with Gasteiger partial charge in [0.15, 0.2) is 0 Å². The lowest BCUT2D eigenvalue weighted by Gasteiger charge is -2.25. The molecule has 1 amide bonds. The molecule has 1 N–H and O–H groups in total. The Balaban J connectivity index is 1.33. The van der Waals surface area contributed by atoms with Gasteiger partial charge in [0, 0.05) is 38.7 Å². The Labute approximate surface area is 160 Å². The topological polar surface area (TPSA) is 83.8 Å². The Kier molecular flexibility index (Phi) is 6.84. The summed E-state index contributed by atoms with van der Waals surface area (Å²) in [5, 5.41) is 2.89. The Hall–Kier alpha value is -1.93. The van der Waals surface area contributed by atoms with Crippen LogP contribution >= 0.6 is 0 Å². The maximum absolute atomic E-state index is 12.3. The van der Waals surface area contributed by atoms with Crippen LogP contribution in [0.3, 0.4) is 0 Å². The Morgan fingerprint density at radius 1 is 1.15 bits per heavy atom. The standard InChI is InChI=1S/C19H28N4O3S/c24-19(9-3-7-15-27(25,26)22-12-4-1-5-13-22)20-11-10-18-21-16-17-8-2-6-14-23(17)18/h2,6,8,14,16H,1,3-5,7,9-13,15H2,(H,20,24). The van der Waals surface area contributed by atoms with Crippen molar-refractivity contribution >= 4 is 21.4 Å². The summed E-state index contributed by atoms with van der Waals surface area (Å²) in [5.41, 5.74) is 1.04. The minimum atomic E-state index is -3.16. The third kappa shape index (κ3) is 5.52. The first kappa shape index (κ1) is 19.8. The summed E-state index contributed by atoms with van der Waals surface area (Å²) in [5.74, 6) is 1.02. The first-order valence-electron chi connectivity index (χ1n) is 9.72. The van der Waals surface area contributed by atoms with Crippen LogP contribution in [0, 0.1) is 0 Å². The fourth-order valence-electron chi connectivity index (χ4n) is 3.43. The third-order valence-corrected chi connectivity index (χ3v) is 6.91. The fourth-order valence-corrected chi connectivity index (χ4v) is 5.07. The number of carbonyl (C=O) groups is 1. The number of piperidine rings is 1. The number of fused-ring (bicyclic) bond motifs is 1. The summed E-state index contributed by atoms with van der Waals surface area (Å²) in [6, 6.07) is 5.91. The van der Waals surface area contributed by atoms with Crippen molar-refractivity contribution in [2.75, 3.05) is 25.4 Å². The largest absolute Gasteiger partial charge is 0.356 e. The number of unbranched alkanes of at least 4 members (excludes halogenated alkanes) is 1. The van der Waals surface area contributed by atoms with Crippen molar-refractivity contribution in [2.24, 2.45) is 0 Å². The maximum atomic E-state index is 12.3. The summed E-state index contributed by atoms with van der Waals surface area (Å²) in [6.07, 6.45) is 8.93. The normalized spacial score (nSPS) is 15.9. The van der Waals surface area contributed by atoms with Gasteiger partial charge in [0.05, 0.1) is 17.5 Å². The van der Waals surface area contributed by atoms with E-state index in [9.17, 15) is 13.2 Å². The van der Waals surface area contributed by atoms with Gasteiger partial charge in [-0.2, -0.15) is 0 Å². The summed E-state index contributed by atoms with van der Waals surface area (Å²) in [4.78, 5) is 16.3. The minimum absolute atomic E-state index is 0.0359. The monoisotopic (exact) mass is 392 g/mol. The number of nitrogens with one attached hydrogen (secondary N) is 1. The molecule has 1 fully saturated rings. The van der Waals surface area contributed by atoms with Gasteiger partial charge in [-0.15, -0.1) is 0 Å². The van der Waals surface area contributed by atoms with Crippen molar-refractivity contribution in [1.82, 2.24) is 19.0 Å². The van der Waals surface area contributed by atoms with E-state index in [-0.39, 0.29) is 11.7 Å². The molecule has 2 aromatic rings. The second-order valence-electron chi connectivity index (χ2n) is 7.00. The quantitative estimate of drug-likeness (QED) is 0.662. The van der Waals surface area contributed by atoms with Gasteiger partial charge in [0.2, 0.25) is 15.9 Å². The molecule has 7 nitrogen and oxygen atoms in total. The number of sulfonamides is 1. The van der Waals surface area contributed by atoms with Crippen molar-refractivity contribution in [3.05, 3.63) is 36.4 Å². The van der Waals surface area contributed by atoms with E-state index in [2.05, 4.69) is 10.3 Å². The predicted octanol–water partition coefficient (Wildman–Crippen LogP) is 1.98. The van der Waals surface area contributed by atoms with Crippen LogP contribution in [0.4, 0.5) is 0 Å². The average molecular weight is 393 g/mol. The Morgan fingerprint density at radius 3 is 2.78 bits per heavy atom. The molecule has 0 unspecified atom stereocenters. The van der Waals surface area contributed by atoms with Gasteiger partial charge in [0.1, 0.15) is 5.82 Å². The Morgan fingerprint density at radius 2 is 1.96 bits per heavy atom. The highest BCUT2D eigenvalue weighted by atomic mass is 32.2. The van der Waals surface area contributed by atoms with Crippen molar-refractivity contribution < 1.29 is 13.2 Å². The predicted molar refractivity (Wildman–Crippen MR) is 105 cm³/mol. The number of pyridine rings is 1. The first-order chi connectivity index (χ1) is 13.1. The molecule has 8 heteroatoms. The third-order valence-electron chi connectivity index (χ3n) is 4.95. The second-order valence-corrected chi connectivity index (χ2v) is 9.09. The fraction of sp³-hybridized carbons (Fsp3) is 0.579. The van der Waals surface area contributed by atoms with Gasteiger partial charge in [-0.3, -0.25) is 4.79 Å². The second kappa shape index (κ2) is 9.32. The van der Waals surface area contributed by atoms with Crippen LogP contribution in [-0.4, -0.2) is 53.4 Å². The van der Waals surface area contributed by atoms with Gasteiger partial charge in [-0.25, -0.2) is 17.7 Å². The molecule has 0 saturated carbocycles. The van der Waals surface area contributed by atoms with Gasteiger partial charge in [-0.1, -0.05) is 12.5 Å². The molecular weight excluding hydrogens is 364 g/mol. The number of aromatic nitrogens is 2. The Bertz CT molecular complexity index is 857. The molecular formula is C19H28N4O3S. The van der Waals surface area contributed by atoms with Crippen LogP contribution in [-0.2, 0) is 21.2 Å². The molecule has 3 heterocycles. The van der Waals surface area contributed by atoms with Crippen LogP contribution in [0.5, 0.6) is 0 Å². The molecule has 0 atom stereocenters. The summed E-state index contributed by atoms with van der Waals surface area (Å²) in [7, 11) is -3.16. The van der Waals surface area contributed by atoms with Crippen molar-refractivity contribution in [3.8, 4) is 0 Å². The van der Waals surface area contributed by atoms with E-state index < -0.39 is 10.0 Å². The molecule has 0 aromatic carbocycles. The lowest BCUT2D eigenvalue weighted by atomic mass is 10.2. The molecule has 0 aliphatic carbocycles. The molecule has 2 aromatic heterocycles. The number of amides is 1. The molecule has 148 valence electrons. The lowest BCUT2D eigenvalue weighted by molar-refractivity contribution is -0.121. The van der Waals surface area contributed by atoms with Crippen LogP contribution in [0.25, 0.3) is 5.52 Å². The van der Waals surface area contributed by atoms with Crippen LogP contribution in [0.2, 0.25) is 0 Å². The molecule has 0 radical (unpaired) electrons. The van der Waals surface area contributed by atoms with Crippen LogP contribution < -0.4 is 5.32 Å². The molecule has 3 rings (SSSR count). The summed E-state index contributed by atoms with van der Waals surface area (Å²) in [6.45, 7) is 1.81.